The molecule has 8 heteroatoms. The minimum atomic E-state index is -0.268. The highest BCUT2D eigenvalue weighted by molar-refractivity contribution is 9.10. The molecule has 0 saturated carbocycles. The molecule has 1 heterocycles. The van der Waals surface area contributed by atoms with Crippen molar-refractivity contribution in [1.82, 2.24) is 4.98 Å². The number of amides is 1. The maximum absolute atomic E-state index is 12.4. The molecule has 1 aromatic heterocycles. The van der Waals surface area contributed by atoms with E-state index >= 15 is 0 Å². The van der Waals surface area contributed by atoms with Crippen LogP contribution in [0.3, 0.4) is 0 Å². The molecular weight excluding hydrogens is 480 g/mol. The summed E-state index contributed by atoms with van der Waals surface area (Å²) in [6, 6.07) is 11.4. The topological polar surface area (TPSA) is 69.7 Å². The Balaban J connectivity index is 1.66. The van der Waals surface area contributed by atoms with Gasteiger partial charge in [-0.25, -0.2) is 4.98 Å². The molecule has 3 rings (SSSR count). The lowest BCUT2D eigenvalue weighted by Crippen LogP contribution is -2.22. The standard InChI is InChI=1S/C23H25BrN2O4S/c1-23(2,3)16-11-15(24)7-9-18(16)30-12-21(27)26-22-25-17(13-31-22)14-6-8-19(28-4)20(10-14)29-5/h6-11,13H,12H2,1-5H3,(H,25,26,27). The van der Waals surface area contributed by atoms with E-state index in [-0.39, 0.29) is 17.9 Å². The number of nitrogens with one attached hydrogen (secondary N) is 1. The van der Waals surface area contributed by atoms with Gasteiger partial charge in [0.25, 0.3) is 5.91 Å². The van der Waals surface area contributed by atoms with E-state index < -0.39 is 0 Å². The molecule has 0 unspecified atom stereocenters. The highest BCUT2D eigenvalue weighted by Gasteiger charge is 2.20. The summed E-state index contributed by atoms with van der Waals surface area (Å²) in [5.41, 5.74) is 2.53. The zero-order valence-corrected chi connectivity index (χ0v) is 20.5. The molecule has 2 aromatic carbocycles. The SMILES string of the molecule is COc1ccc(-c2csc(NC(=O)COc3ccc(Br)cc3C(C)(C)C)n2)cc1OC. The molecule has 3 aromatic rings. The van der Waals surface area contributed by atoms with Crippen molar-refractivity contribution in [3.05, 3.63) is 51.8 Å². The molecular formula is C23H25BrN2O4S. The number of benzene rings is 2. The fourth-order valence-corrected chi connectivity index (χ4v) is 4.07. The summed E-state index contributed by atoms with van der Waals surface area (Å²) in [5.74, 6) is 1.69. The number of aromatic nitrogens is 1. The van der Waals surface area contributed by atoms with Crippen molar-refractivity contribution in [2.45, 2.75) is 26.2 Å². The Bertz CT molecular complexity index is 1080. The Kier molecular flexibility index (Phi) is 7.23. The van der Waals surface area contributed by atoms with Crippen molar-refractivity contribution in [3.8, 4) is 28.5 Å². The third-order valence-corrected chi connectivity index (χ3v) is 5.79. The van der Waals surface area contributed by atoms with Crippen molar-refractivity contribution in [2.75, 3.05) is 26.1 Å². The molecule has 0 bridgehead atoms. The molecule has 0 aliphatic heterocycles. The lowest BCUT2D eigenvalue weighted by molar-refractivity contribution is -0.118. The van der Waals surface area contributed by atoms with E-state index in [9.17, 15) is 4.79 Å². The Morgan fingerprint density at radius 1 is 1.06 bits per heavy atom. The van der Waals surface area contributed by atoms with Gasteiger partial charge in [-0.05, 0) is 41.8 Å². The lowest BCUT2D eigenvalue weighted by atomic mass is 9.86. The largest absolute Gasteiger partial charge is 0.493 e. The predicted octanol–water partition coefficient (Wildman–Crippen LogP) is 5.90. The summed E-state index contributed by atoms with van der Waals surface area (Å²) in [6.45, 7) is 6.21. The fourth-order valence-electron chi connectivity index (χ4n) is 2.97. The second-order valence-corrected chi connectivity index (χ2v) is 9.61. The number of hydrogen-bond acceptors (Lipinski definition) is 6. The van der Waals surface area contributed by atoms with Gasteiger partial charge in [0.15, 0.2) is 23.2 Å². The first-order valence-corrected chi connectivity index (χ1v) is 11.3. The lowest BCUT2D eigenvalue weighted by Gasteiger charge is -2.23. The third-order valence-electron chi connectivity index (χ3n) is 4.54. The van der Waals surface area contributed by atoms with Crippen molar-refractivity contribution < 1.29 is 19.0 Å². The first kappa shape index (κ1) is 23.1. The summed E-state index contributed by atoms with van der Waals surface area (Å²) in [4.78, 5) is 16.9. The number of halogens is 1. The zero-order chi connectivity index (χ0) is 22.6. The smallest absolute Gasteiger partial charge is 0.264 e. The molecule has 0 aliphatic rings. The molecule has 0 aliphatic carbocycles. The molecule has 6 nitrogen and oxygen atoms in total. The summed E-state index contributed by atoms with van der Waals surface area (Å²) in [5, 5.41) is 5.19. The number of anilines is 1. The van der Waals surface area contributed by atoms with Crippen LogP contribution < -0.4 is 19.5 Å². The molecule has 0 atom stereocenters. The molecule has 1 amide bonds. The molecule has 31 heavy (non-hydrogen) atoms. The van der Waals surface area contributed by atoms with E-state index in [0.29, 0.717) is 22.4 Å². The summed E-state index contributed by atoms with van der Waals surface area (Å²) >= 11 is 4.85. The van der Waals surface area contributed by atoms with E-state index in [2.05, 4.69) is 47.0 Å². The number of methoxy groups -OCH3 is 2. The van der Waals surface area contributed by atoms with Gasteiger partial charge in [0.05, 0.1) is 19.9 Å². The van der Waals surface area contributed by atoms with E-state index in [1.54, 1.807) is 14.2 Å². The van der Waals surface area contributed by atoms with Gasteiger partial charge in [-0.2, -0.15) is 0 Å². The molecule has 0 radical (unpaired) electrons. The van der Waals surface area contributed by atoms with E-state index in [0.717, 1.165) is 21.3 Å². The van der Waals surface area contributed by atoms with Crippen molar-refractivity contribution in [2.24, 2.45) is 0 Å². The van der Waals surface area contributed by atoms with Crippen molar-refractivity contribution in [3.63, 3.8) is 0 Å². The normalized spacial score (nSPS) is 11.2. The van der Waals surface area contributed by atoms with Gasteiger partial charge >= 0.3 is 0 Å². The first-order chi connectivity index (χ1) is 14.7. The predicted molar refractivity (Wildman–Crippen MR) is 128 cm³/mol. The monoisotopic (exact) mass is 504 g/mol. The number of thiazole rings is 1. The maximum atomic E-state index is 12.4. The molecule has 0 fully saturated rings. The maximum Gasteiger partial charge on any atom is 0.264 e. The van der Waals surface area contributed by atoms with Crippen LogP contribution in [0.15, 0.2) is 46.3 Å². The van der Waals surface area contributed by atoms with E-state index in [1.807, 2.05) is 41.8 Å². The Morgan fingerprint density at radius 3 is 2.45 bits per heavy atom. The first-order valence-electron chi connectivity index (χ1n) is 9.62. The van der Waals surface area contributed by atoms with Gasteiger partial charge in [0, 0.05) is 21.0 Å². The second kappa shape index (κ2) is 9.70. The number of nitrogens with zero attached hydrogens (tertiary/aromatic N) is 1. The molecule has 1 N–H and O–H groups in total. The van der Waals surface area contributed by atoms with Gasteiger partial charge in [-0.1, -0.05) is 36.7 Å². The van der Waals surface area contributed by atoms with Crippen molar-refractivity contribution >= 4 is 38.3 Å². The minimum absolute atomic E-state index is 0.101. The number of carbonyl (C=O) groups excluding carboxylic acids is 1. The average Bonchev–Trinajstić information content (AvgIpc) is 3.20. The van der Waals surface area contributed by atoms with Crippen LogP contribution in [0.4, 0.5) is 5.13 Å². The number of hydrogen-bond donors (Lipinski definition) is 1. The van der Waals surface area contributed by atoms with Gasteiger partial charge < -0.3 is 14.2 Å². The highest BCUT2D eigenvalue weighted by atomic mass is 79.9. The zero-order valence-electron chi connectivity index (χ0n) is 18.1. The van der Waals surface area contributed by atoms with Crippen LogP contribution in [-0.2, 0) is 10.2 Å². The number of ether oxygens (including phenoxy) is 3. The average molecular weight is 505 g/mol. The Hall–Kier alpha value is -2.58. The second-order valence-electron chi connectivity index (χ2n) is 7.83. The van der Waals surface area contributed by atoms with Gasteiger partial charge in [0.1, 0.15) is 5.75 Å². The number of carbonyl (C=O) groups is 1. The fraction of sp³-hybridized carbons (Fsp3) is 0.304. The summed E-state index contributed by atoms with van der Waals surface area (Å²) in [7, 11) is 3.18. The van der Waals surface area contributed by atoms with E-state index in [4.69, 9.17) is 14.2 Å². The molecule has 0 saturated heterocycles. The van der Waals surface area contributed by atoms with Crippen LogP contribution in [0.1, 0.15) is 26.3 Å². The van der Waals surface area contributed by atoms with Crippen molar-refractivity contribution in [1.29, 1.82) is 0 Å². The quantitative estimate of drug-likeness (QED) is 0.433. The molecule has 164 valence electrons. The summed E-state index contributed by atoms with van der Waals surface area (Å²) in [6.07, 6.45) is 0. The Morgan fingerprint density at radius 2 is 1.77 bits per heavy atom. The molecule has 0 spiro atoms. The van der Waals surface area contributed by atoms with Gasteiger partial charge in [-0.3, -0.25) is 10.1 Å². The van der Waals surface area contributed by atoms with Crippen LogP contribution in [0, 0.1) is 0 Å². The van der Waals surface area contributed by atoms with Crippen LogP contribution in [0.25, 0.3) is 11.3 Å². The van der Waals surface area contributed by atoms with Crippen LogP contribution in [0.2, 0.25) is 0 Å². The van der Waals surface area contributed by atoms with Crippen LogP contribution in [-0.4, -0.2) is 31.7 Å². The van der Waals surface area contributed by atoms with Crippen LogP contribution >= 0.6 is 27.3 Å². The number of rotatable bonds is 7. The van der Waals surface area contributed by atoms with Crippen LogP contribution in [0.5, 0.6) is 17.2 Å². The Labute approximate surface area is 194 Å². The minimum Gasteiger partial charge on any atom is -0.493 e. The van der Waals surface area contributed by atoms with Gasteiger partial charge in [-0.15, -0.1) is 11.3 Å². The van der Waals surface area contributed by atoms with Gasteiger partial charge in [0.2, 0.25) is 0 Å². The highest BCUT2D eigenvalue weighted by Crippen LogP contribution is 2.35. The summed E-state index contributed by atoms with van der Waals surface area (Å²) < 4.78 is 17.4. The van der Waals surface area contributed by atoms with E-state index in [1.165, 1.54) is 11.3 Å². The third kappa shape index (κ3) is 5.77.